The number of ether oxygens (including phenoxy) is 1. The molecule has 5 nitrogen and oxygen atoms in total. The van der Waals surface area contributed by atoms with Crippen molar-refractivity contribution in [2.24, 2.45) is 0 Å². The Hall–Kier alpha value is -1.23. The molecule has 1 aromatic heterocycles. The van der Waals surface area contributed by atoms with Crippen LogP contribution >= 0.6 is 0 Å². The third-order valence-corrected chi connectivity index (χ3v) is 3.31. The zero-order chi connectivity index (χ0) is 12.4. The van der Waals surface area contributed by atoms with E-state index in [0.29, 0.717) is 6.04 Å². The Labute approximate surface area is 102 Å². The maximum absolute atomic E-state index is 6.07. The average Bonchev–Trinajstić information content (AvgIpc) is 2.80. The van der Waals surface area contributed by atoms with Crippen LogP contribution in [0.5, 0.6) is 0 Å². The van der Waals surface area contributed by atoms with Gasteiger partial charge in [-0.25, -0.2) is 4.68 Å². The largest absolute Gasteiger partial charge is 0.394 e. The Bertz CT molecular complexity index is 388. The lowest BCUT2D eigenvalue weighted by Gasteiger charge is -2.18. The van der Waals surface area contributed by atoms with E-state index in [4.69, 9.17) is 10.5 Å². The Morgan fingerprint density at radius 1 is 1.59 bits per heavy atom. The predicted octanol–water partition coefficient (Wildman–Crippen LogP) is 1.77. The monoisotopic (exact) mass is 238 g/mol. The van der Waals surface area contributed by atoms with Gasteiger partial charge in [-0.1, -0.05) is 6.92 Å². The van der Waals surface area contributed by atoms with Crippen molar-refractivity contribution >= 4 is 11.5 Å². The number of nitrogen functional groups attached to an aromatic ring is 1. The molecule has 0 spiro atoms. The van der Waals surface area contributed by atoms with E-state index in [1.807, 2.05) is 11.6 Å². The quantitative estimate of drug-likeness (QED) is 0.839. The number of nitrogens with zero attached hydrogens (tertiary/aromatic N) is 2. The van der Waals surface area contributed by atoms with Gasteiger partial charge >= 0.3 is 0 Å². The van der Waals surface area contributed by atoms with E-state index in [2.05, 4.69) is 24.3 Å². The van der Waals surface area contributed by atoms with Crippen molar-refractivity contribution in [3.05, 3.63) is 5.69 Å². The topological polar surface area (TPSA) is 65.1 Å². The zero-order valence-electron chi connectivity index (χ0n) is 10.9. The highest BCUT2D eigenvalue weighted by Crippen LogP contribution is 2.26. The van der Waals surface area contributed by atoms with Crippen LogP contribution in [0, 0.1) is 6.92 Å². The Morgan fingerprint density at radius 3 is 2.94 bits per heavy atom. The van der Waals surface area contributed by atoms with Gasteiger partial charge in [0.25, 0.3) is 0 Å². The maximum Gasteiger partial charge on any atom is 0.148 e. The molecule has 2 rings (SSSR count). The summed E-state index contributed by atoms with van der Waals surface area (Å²) in [7, 11) is 0. The van der Waals surface area contributed by atoms with E-state index >= 15 is 0 Å². The van der Waals surface area contributed by atoms with Crippen molar-refractivity contribution in [3.8, 4) is 0 Å². The molecule has 2 heterocycles. The third kappa shape index (κ3) is 2.39. The van der Waals surface area contributed by atoms with Gasteiger partial charge in [-0.15, -0.1) is 0 Å². The van der Waals surface area contributed by atoms with Gasteiger partial charge < -0.3 is 15.8 Å². The number of rotatable bonds is 4. The molecule has 0 aliphatic carbocycles. The third-order valence-electron chi connectivity index (χ3n) is 3.31. The molecule has 96 valence electrons. The van der Waals surface area contributed by atoms with Crippen molar-refractivity contribution in [1.29, 1.82) is 0 Å². The molecule has 0 bridgehead atoms. The van der Waals surface area contributed by atoms with E-state index in [1.54, 1.807) is 0 Å². The van der Waals surface area contributed by atoms with Gasteiger partial charge in [-0.05, 0) is 26.7 Å². The molecular formula is C12H22N4O. The van der Waals surface area contributed by atoms with Crippen molar-refractivity contribution < 1.29 is 4.74 Å². The summed E-state index contributed by atoms with van der Waals surface area (Å²) in [5.74, 6) is 0.951. The molecule has 3 N–H and O–H groups in total. The first-order chi connectivity index (χ1) is 8.13. The highest BCUT2D eigenvalue weighted by Gasteiger charge is 2.26. The molecular weight excluding hydrogens is 216 g/mol. The second kappa shape index (κ2) is 4.96. The fourth-order valence-electron chi connectivity index (χ4n) is 2.22. The molecule has 5 heteroatoms. The summed E-state index contributed by atoms with van der Waals surface area (Å²) in [5.41, 5.74) is 7.73. The van der Waals surface area contributed by atoms with Crippen molar-refractivity contribution in [1.82, 2.24) is 9.78 Å². The Kier molecular flexibility index (Phi) is 3.57. The van der Waals surface area contributed by atoms with Crippen LogP contribution in [-0.4, -0.2) is 28.5 Å². The van der Waals surface area contributed by atoms with Crippen LogP contribution in [0.25, 0.3) is 0 Å². The highest BCUT2D eigenvalue weighted by molar-refractivity contribution is 5.65. The number of aryl methyl sites for hydroxylation is 2. The number of hydrogen-bond acceptors (Lipinski definition) is 4. The number of anilines is 2. The van der Waals surface area contributed by atoms with E-state index in [-0.39, 0.29) is 6.10 Å². The van der Waals surface area contributed by atoms with Crippen LogP contribution in [0.4, 0.5) is 11.5 Å². The molecule has 0 radical (unpaired) electrons. The summed E-state index contributed by atoms with van der Waals surface area (Å²) < 4.78 is 7.52. The zero-order valence-corrected chi connectivity index (χ0v) is 10.9. The second-order valence-electron chi connectivity index (χ2n) is 4.69. The summed E-state index contributed by atoms with van der Waals surface area (Å²) in [5, 5.41) is 7.94. The van der Waals surface area contributed by atoms with Crippen molar-refractivity contribution in [2.75, 3.05) is 17.7 Å². The number of nitrogens with two attached hydrogens (primary N) is 1. The minimum absolute atomic E-state index is 0.236. The summed E-state index contributed by atoms with van der Waals surface area (Å²) in [4.78, 5) is 0. The standard InChI is InChI=1S/C12H22N4O/c1-4-6-16-12(11(13)8(2)15-16)14-10-5-7-17-9(10)3/h9-10,14H,4-7,13H2,1-3H3. The van der Waals surface area contributed by atoms with E-state index in [0.717, 1.165) is 43.2 Å². The van der Waals surface area contributed by atoms with Crippen LogP contribution in [-0.2, 0) is 11.3 Å². The lowest BCUT2D eigenvalue weighted by Crippen LogP contribution is -2.28. The van der Waals surface area contributed by atoms with Crippen LogP contribution in [0.2, 0.25) is 0 Å². The molecule has 1 aliphatic heterocycles. The first-order valence-electron chi connectivity index (χ1n) is 6.34. The summed E-state index contributed by atoms with van der Waals surface area (Å²) in [6.45, 7) is 7.88. The highest BCUT2D eigenvalue weighted by atomic mass is 16.5. The van der Waals surface area contributed by atoms with Gasteiger partial charge in [0.2, 0.25) is 0 Å². The summed E-state index contributed by atoms with van der Waals surface area (Å²) in [6, 6.07) is 0.337. The fraction of sp³-hybridized carbons (Fsp3) is 0.750. The lowest BCUT2D eigenvalue weighted by atomic mass is 10.1. The predicted molar refractivity (Wildman–Crippen MR) is 69.1 cm³/mol. The molecule has 1 aliphatic rings. The molecule has 0 amide bonds. The molecule has 1 aromatic rings. The molecule has 1 saturated heterocycles. The molecule has 2 atom stereocenters. The van der Waals surface area contributed by atoms with Gasteiger partial charge in [0.15, 0.2) is 0 Å². The summed E-state index contributed by atoms with van der Waals surface area (Å²) in [6.07, 6.45) is 2.31. The molecule has 0 aromatic carbocycles. The first kappa shape index (κ1) is 12.2. The molecule has 1 fully saturated rings. The molecule has 17 heavy (non-hydrogen) atoms. The summed E-state index contributed by atoms with van der Waals surface area (Å²) >= 11 is 0. The maximum atomic E-state index is 6.07. The van der Waals surface area contributed by atoms with Crippen LogP contribution in [0.15, 0.2) is 0 Å². The van der Waals surface area contributed by atoms with E-state index in [9.17, 15) is 0 Å². The second-order valence-corrected chi connectivity index (χ2v) is 4.69. The lowest BCUT2D eigenvalue weighted by molar-refractivity contribution is 0.121. The van der Waals surface area contributed by atoms with Gasteiger partial charge in [-0.3, -0.25) is 0 Å². The smallest absolute Gasteiger partial charge is 0.148 e. The SMILES string of the molecule is CCCn1nc(C)c(N)c1NC1CCOC1C. The average molecular weight is 238 g/mol. The van der Waals surface area contributed by atoms with Crippen LogP contribution in [0.1, 0.15) is 32.4 Å². The minimum Gasteiger partial charge on any atom is -0.394 e. The van der Waals surface area contributed by atoms with Gasteiger partial charge in [0.1, 0.15) is 5.82 Å². The van der Waals surface area contributed by atoms with E-state index < -0.39 is 0 Å². The normalized spacial score (nSPS) is 24.2. The molecule has 2 unspecified atom stereocenters. The van der Waals surface area contributed by atoms with Crippen molar-refractivity contribution in [2.45, 2.75) is 52.3 Å². The van der Waals surface area contributed by atoms with Gasteiger partial charge in [0.05, 0.1) is 23.5 Å². The van der Waals surface area contributed by atoms with Crippen molar-refractivity contribution in [3.63, 3.8) is 0 Å². The Morgan fingerprint density at radius 2 is 2.35 bits per heavy atom. The number of nitrogens with one attached hydrogen (secondary N) is 1. The molecule has 0 saturated carbocycles. The number of aromatic nitrogens is 2. The van der Waals surface area contributed by atoms with E-state index in [1.165, 1.54) is 0 Å². The minimum atomic E-state index is 0.236. The fourth-order valence-corrected chi connectivity index (χ4v) is 2.22. The van der Waals surface area contributed by atoms with Gasteiger partial charge in [0, 0.05) is 13.2 Å². The van der Waals surface area contributed by atoms with Crippen LogP contribution < -0.4 is 11.1 Å². The first-order valence-corrected chi connectivity index (χ1v) is 6.34. The Balaban J connectivity index is 2.18. The van der Waals surface area contributed by atoms with Gasteiger partial charge in [-0.2, -0.15) is 5.10 Å². The van der Waals surface area contributed by atoms with Crippen LogP contribution in [0.3, 0.4) is 0 Å². The number of hydrogen-bond donors (Lipinski definition) is 2.